The smallest absolute Gasteiger partial charge is 0.243 e. The van der Waals surface area contributed by atoms with E-state index in [1.807, 2.05) is 37.3 Å². The van der Waals surface area contributed by atoms with E-state index in [1.54, 1.807) is 31.4 Å². The Labute approximate surface area is 188 Å². The normalized spacial score (nSPS) is 14.9. The van der Waals surface area contributed by atoms with Crippen LogP contribution in [-0.2, 0) is 10.0 Å². The second-order valence-corrected chi connectivity index (χ2v) is 9.22. The van der Waals surface area contributed by atoms with Gasteiger partial charge in [-0.25, -0.2) is 18.4 Å². The van der Waals surface area contributed by atoms with E-state index >= 15 is 0 Å². The minimum Gasteiger partial charge on any atom is -0.497 e. The largest absolute Gasteiger partial charge is 0.497 e. The number of hydrogen-bond acceptors (Lipinski definition) is 7. The molecule has 3 aromatic rings. The van der Waals surface area contributed by atoms with Crippen molar-refractivity contribution in [1.29, 1.82) is 0 Å². The van der Waals surface area contributed by atoms with Gasteiger partial charge in [0, 0.05) is 37.8 Å². The first kappa shape index (κ1) is 22.0. The summed E-state index contributed by atoms with van der Waals surface area (Å²) in [4.78, 5) is 11.1. The number of benzene rings is 2. The van der Waals surface area contributed by atoms with Gasteiger partial charge in [0.25, 0.3) is 0 Å². The summed E-state index contributed by atoms with van der Waals surface area (Å²) in [6, 6.07) is 16.2. The molecule has 1 aliphatic heterocycles. The molecule has 0 bridgehead atoms. The van der Waals surface area contributed by atoms with Gasteiger partial charge in [-0.3, -0.25) is 0 Å². The molecule has 0 unspecified atom stereocenters. The minimum atomic E-state index is -3.55. The van der Waals surface area contributed by atoms with Crippen molar-refractivity contribution in [1.82, 2.24) is 14.3 Å². The van der Waals surface area contributed by atoms with Crippen molar-refractivity contribution in [2.45, 2.75) is 11.8 Å². The third-order valence-corrected chi connectivity index (χ3v) is 7.29. The lowest BCUT2D eigenvalue weighted by Crippen LogP contribution is -2.48. The molecular weight excluding hydrogens is 428 g/mol. The quantitative estimate of drug-likeness (QED) is 0.542. The highest BCUT2D eigenvalue weighted by molar-refractivity contribution is 7.89. The molecule has 32 heavy (non-hydrogen) atoms. The van der Waals surface area contributed by atoms with Gasteiger partial charge in [0.05, 0.1) is 24.3 Å². The SMILES string of the molecule is CCOc1ccc(S(=O)(=O)N2CCN(c3cc(-c4ccc(OC)cc4)ncn3)CC2)cc1. The number of anilines is 1. The third kappa shape index (κ3) is 4.68. The fourth-order valence-electron chi connectivity index (χ4n) is 3.62. The van der Waals surface area contributed by atoms with Crippen molar-refractivity contribution in [3.63, 3.8) is 0 Å². The predicted octanol–water partition coefficient (Wildman–Crippen LogP) is 3.06. The number of ether oxygens (including phenoxy) is 2. The van der Waals surface area contributed by atoms with Crippen molar-refractivity contribution in [2.75, 3.05) is 44.8 Å². The average Bonchev–Trinajstić information content (AvgIpc) is 2.85. The molecule has 0 amide bonds. The number of aromatic nitrogens is 2. The van der Waals surface area contributed by atoms with Crippen LogP contribution >= 0.6 is 0 Å². The number of nitrogens with zero attached hydrogens (tertiary/aromatic N) is 4. The van der Waals surface area contributed by atoms with Gasteiger partial charge in [-0.2, -0.15) is 4.31 Å². The Morgan fingerprint density at radius 3 is 2.19 bits per heavy atom. The Kier molecular flexibility index (Phi) is 6.57. The van der Waals surface area contributed by atoms with Gasteiger partial charge in [-0.15, -0.1) is 0 Å². The zero-order valence-electron chi connectivity index (χ0n) is 18.1. The Hall–Kier alpha value is -3.17. The minimum absolute atomic E-state index is 0.276. The lowest BCUT2D eigenvalue weighted by molar-refractivity contribution is 0.340. The Bertz CT molecular complexity index is 1140. The zero-order chi connectivity index (χ0) is 22.6. The van der Waals surface area contributed by atoms with Crippen LogP contribution in [0.1, 0.15) is 6.92 Å². The summed E-state index contributed by atoms with van der Waals surface area (Å²) in [5.41, 5.74) is 1.77. The van der Waals surface area contributed by atoms with Crippen LogP contribution in [0.25, 0.3) is 11.3 Å². The molecule has 0 atom stereocenters. The molecule has 0 spiro atoms. The van der Waals surface area contributed by atoms with Gasteiger partial charge in [0.2, 0.25) is 10.0 Å². The third-order valence-electron chi connectivity index (χ3n) is 5.37. The second-order valence-electron chi connectivity index (χ2n) is 7.29. The van der Waals surface area contributed by atoms with E-state index in [0.29, 0.717) is 38.5 Å². The summed E-state index contributed by atoms with van der Waals surface area (Å²) in [7, 11) is -1.92. The van der Waals surface area contributed by atoms with E-state index in [0.717, 1.165) is 22.8 Å². The second kappa shape index (κ2) is 9.54. The first-order valence-electron chi connectivity index (χ1n) is 10.5. The van der Waals surface area contributed by atoms with Crippen molar-refractivity contribution in [2.24, 2.45) is 0 Å². The summed E-state index contributed by atoms with van der Waals surface area (Å²) in [5, 5.41) is 0. The maximum atomic E-state index is 13.0. The molecule has 0 saturated carbocycles. The number of sulfonamides is 1. The molecule has 0 radical (unpaired) electrons. The summed E-state index contributed by atoms with van der Waals surface area (Å²) >= 11 is 0. The van der Waals surface area contributed by atoms with Crippen molar-refractivity contribution >= 4 is 15.8 Å². The van der Waals surface area contributed by atoms with Crippen LogP contribution in [0.15, 0.2) is 65.8 Å². The van der Waals surface area contributed by atoms with Gasteiger partial charge >= 0.3 is 0 Å². The van der Waals surface area contributed by atoms with E-state index in [1.165, 1.54) is 10.6 Å². The van der Waals surface area contributed by atoms with Gasteiger partial charge in [-0.1, -0.05) is 0 Å². The molecular formula is C23H26N4O4S. The first-order chi connectivity index (χ1) is 15.5. The van der Waals surface area contributed by atoms with E-state index < -0.39 is 10.0 Å². The van der Waals surface area contributed by atoms with E-state index in [2.05, 4.69) is 14.9 Å². The van der Waals surface area contributed by atoms with Crippen LogP contribution in [0.5, 0.6) is 11.5 Å². The molecule has 1 aliphatic rings. The van der Waals surface area contributed by atoms with Crippen LogP contribution < -0.4 is 14.4 Å². The molecule has 2 heterocycles. The van der Waals surface area contributed by atoms with E-state index in [9.17, 15) is 8.42 Å². The van der Waals surface area contributed by atoms with Crippen LogP contribution in [0.2, 0.25) is 0 Å². The molecule has 4 rings (SSSR count). The number of rotatable bonds is 7. The molecule has 1 saturated heterocycles. The van der Waals surface area contributed by atoms with Gasteiger partial charge in [-0.05, 0) is 55.5 Å². The number of piperazine rings is 1. The summed E-state index contributed by atoms with van der Waals surface area (Å²) < 4.78 is 38.2. The molecule has 8 nitrogen and oxygen atoms in total. The predicted molar refractivity (Wildman–Crippen MR) is 123 cm³/mol. The fourth-order valence-corrected chi connectivity index (χ4v) is 5.04. The van der Waals surface area contributed by atoms with E-state index in [4.69, 9.17) is 9.47 Å². The molecule has 9 heteroatoms. The van der Waals surface area contributed by atoms with Crippen LogP contribution in [0, 0.1) is 0 Å². The van der Waals surface area contributed by atoms with Crippen LogP contribution in [0.4, 0.5) is 5.82 Å². The molecule has 1 aromatic heterocycles. The first-order valence-corrected chi connectivity index (χ1v) is 11.9. The number of methoxy groups -OCH3 is 1. The molecule has 0 N–H and O–H groups in total. The Morgan fingerprint density at radius 2 is 1.56 bits per heavy atom. The maximum absolute atomic E-state index is 13.0. The van der Waals surface area contributed by atoms with Crippen LogP contribution in [-0.4, -0.2) is 62.6 Å². The summed E-state index contributed by atoms with van der Waals surface area (Å²) in [6.45, 7) is 4.30. The lowest BCUT2D eigenvalue weighted by atomic mass is 10.1. The van der Waals surface area contributed by atoms with Gasteiger partial charge in [0.15, 0.2) is 0 Å². The zero-order valence-corrected chi connectivity index (χ0v) is 19.0. The maximum Gasteiger partial charge on any atom is 0.243 e. The Morgan fingerprint density at radius 1 is 0.906 bits per heavy atom. The average molecular weight is 455 g/mol. The highest BCUT2D eigenvalue weighted by atomic mass is 32.2. The van der Waals surface area contributed by atoms with Gasteiger partial charge in [0.1, 0.15) is 23.6 Å². The highest BCUT2D eigenvalue weighted by Gasteiger charge is 2.29. The monoisotopic (exact) mass is 454 g/mol. The summed E-state index contributed by atoms with van der Waals surface area (Å²) in [6.07, 6.45) is 1.54. The van der Waals surface area contributed by atoms with Crippen LogP contribution in [0.3, 0.4) is 0 Å². The topological polar surface area (TPSA) is 84.9 Å². The van der Waals surface area contributed by atoms with Crippen molar-refractivity contribution in [3.05, 3.63) is 60.9 Å². The van der Waals surface area contributed by atoms with Crippen molar-refractivity contribution in [3.8, 4) is 22.8 Å². The number of hydrogen-bond donors (Lipinski definition) is 0. The molecule has 2 aromatic carbocycles. The van der Waals surface area contributed by atoms with Gasteiger partial charge < -0.3 is 14.4 Å². The lowest BCUT2D eigenvalue weighted by Gasteiger charge is -2.34. The standard InChI is InChI=1S/C23H26N4O4S/c1-3-31-20-8-10-21(11-9-20)32(28,29)27-14-12-26(13-15-27)23-16-22(24-17-25-23)18-4-6-19(30-2)7-5-18/h4-11,16-17H,3,12-15H2,1-2H3. The molecule has 168 valence electrons. The summed E-state index contributed by atoms with van der Waals surface area (Å²) in [5.74, 6) is 2.23. The van der Waals surface area contributed by atoms with Crippen molar-refractivity contribution < 1.29 is 17.9 Å². The fraction of sp³-hybridized carbons (Fsp3) is 0.304. The highest BCUT2D eigenvalue weighted by Crippen LogP contribution is 2.25. The molecule has 1 fully saturated rings. The van der Waals surface area contributed by atoms with E-state index in [-0.39, 0.29) is 4.90 Å². The molecule has 0 aliphatic carbocycles. The Balaban J connectivity index is 1.44.